The molecule has 0 aromatic heterocycles. The number of ether oxygens (including phenoxy) is 1. The van der Waals surface area contributed by atoms with Crippen molar-refractivity contribution in [1.82, 2.24) is 4.31 Å². The lowest BCUT2D eigenvalue weighted by molar-refractivity contribution is -0.142. The number of anilines is 1. The molecule has 8 heteroatoms. The Hall–Kier alpha value is -2.19. The minimum absolute atomic E-state index is 0.196. The van der Waals surface area contributed by atoms with Gasteiger partial charge in [0.1, 0.15) is 0 Å². The third-order valence-corrected chi connectivity index (χ3v) is 6.11. The van der Waals surface area contributed by atoms with Crippen molar-refractivity contribution in [2.75, 3.05) is 25.0 Å². The third-order valence-electron chi connectivity index (χ3n) is 4.26. The van der Waals surface area contributed by atoms with Crippen LogP contribution in [0.5, 0.6) is 0 Å². The molecule has 1 aliphatic heterocycles. The third kappa shape index (κ3) is 5.90. The summed E-state index contributed by atoms with van der Waals surface area (Å²) in [5, 5.41) is 2.56. The van der Waals surface area contributed by atoms with E-state index in [0.717, 1.165) is 6.42 Å². The topological polar surface area (TPSA) is 92.8 Å². The summed E-state index contributed by atoms with van der Waals surface area (Å²) in [4.78, 5) is 23.2. The highest BCUT2D eigenvalue weighted by Gasteiger charge is 2.31. The fourth-order valence-corrected chi connectivity index (χ4v) is 4.86. The van der Waals surface area contributed by atoms with E-state index in [1.54, 1.807) is 6.92 Å². The van der Waals surface area contributed by atoms with Gasteiger partial charge in [0.15, 0.2) is 6.61 Å². The molecule has 0 radical (unpaired) electrons. The molecule has 0 aliphatic carbocycles. The maximum Gasteiger partial charge on any atom is 0.330 e. The van der Waals surface area contributed by atoms with E-state index in [2.05, 4.69) is 19.2 Å². The summed E-state index contributed by atoms with van der Waals surface area (Å²) in [6.45, 7) is 6.40. The Kier molecular flexibility index (Phi) is 7.15. The molecule has 7 nitrogen and oxygen atoms in total. The van der Waals surface area contributed by atoms with Gasteiger partial charge in [0.05, 0.1) is 4.90 Å². The SMILES string of the molecule is C/C=C/C(=O)OCC(=O)Nc1ccc(S(=O)(=O)N2C[C@@H](C)C[C@H](C)C2)cc1. The maximum absolute atomic E-state index is 12.8. The number of nitrogens with one attached hydrogen (secondary N) is 1. The van der Waals surface area contributed by atoms with Gasteiger partial charge >= 0.3 is 5.97 Å². The van der Waals surface area contributed by atoms with Crippen LogP contribution in [0.25, 0.3) is 0 Å². The standard InChI is InChI=1S/C19H26N2O5S/c1-4-5-19(23)26-13-18(22)20-16-6-8-17(9-7-16)27(24,25)21-11-14(2)10-15(3)12-21/h4-9,14-15H,10-13H2,1-3H3,(H,20,22)/b5-4+/t14-,15-/m0/s1. The van der Waals surface area contributed by atoms with Crippen molar-refractivity contribution in [3.63, 3.8) is 0 Å². The van der Waals surface area contributed by atoms with Gasteiger partial charge in [-0.1, -0.05) is 19.9 Å². The molecule has 2 atom stereocenters. The first kappa shape index (κ1) is 21.1. The van der Waals surface area contributed by atoms with Crippen LogP contribution in [-0.2, 0) is 24.3 Å². The minimum atomic E-state index is -3.56. The van der Waals surface area contributed by atoms with Crippen LogP contribution in [0, 0.1) is 11.8 Å². The second kappa shape index (κ2) is 9.14. The monoisotopic (exact) mass is 394 g/mol. The lowest BCUT2D eigenvalue weighted by atomic mass is 9.94. The first-order chi connectivity index (χ1) is 12.7. The number of carbonyl (C=O) groups excluding carboxylic acids is 2. The highest BCUT2D eigenvalue weighted by atomic mass is 32.2. The van der Waals surface area contributed by atoms with Gasteiger partial charge in [-0.25, -0.2) is 13.2 Å². The van der Waals surface area contributed by atoms with E-state index in [4.69, 9.17) is 4.74 Å². The van der Waals surface area contributed by atoms with Gasteiger partial charge in [0.2, 0.25) is 10.0 Å². The molecule has 1 N–H and O–H groups in total. The van der Waals surface area contributed by atoms with Gasteiger partial charge in [-0.15, -0.1) is 0 Å². The lowest BCUT2D eigenvalue weighted by Crippen LogP contribution is -2.42. The summed E-state index contributed by atoms with van der Waals surface area (Å²) in [7, 11) is -3.56. The van der Waals surface area contributed by atoms with Gasteiger partial charge in [-0.2, -0.15) is 4.31 Å². The van der Waals surface area contributed by atoms with Crippen molar-refractivity contribution < 1.29 is 22.7 Å². The molecule has 1 amide bonds. The molecule has 1 heterocycles. The first-order valence-corrected chi connectivity index (χ1v) is 10.4. The molecule has 0 bridgehead atoms. The van der Waals surface area contributed by atoms with E-state index in [9.17, 15) is 18.0 Å². The van der Waals surface area contributed by atoms with Gasteiger partial charge in [0.25, 0.3) is 5.91 Å². The first-order valence-electron chi connectivity index (χ1n) is 8.92. The Morgan fingerprint density at radius 3 is 2.33 bits per heavy atom. The van der Waals surface area contributed by atoms with Crippen molar-refractivity contribution in [1.29, 1.82) is 0 Å². The van der Waals surface area contributed by atoms with Crippen LogP contribution < -0.4 is 5.32 Å². The summed E-state index contributed by atoms with van der Waals surface area (Å²) in [5.74, 6) is -0.444. The van der Waals surface area contributed by atoms with Gasteiger partial charge < -0.3 is 10.1 Å². The number of esters is 1. The molecule has 0 unspecified atom stereocenters. The van der Waals surface area contributed by atoms with Crippen LogP contribution in [-0.4, -0.2) is 44.3 Å². The maximum atomic E-state index is 12.8. The average molecular weight is 394 g/mol. The number of piperidine rings is 1. The molecule has 27 heavy (non-hydrogen) atoms. The van der Waals surface area contributed by atoms with Gasteiger partial charge in [-0.05, 0) is 49.4 Å². The van der Waals surface area contributed by atoms with Gasteiger partial charge in [0, 0.05) is 24.9 Å². The zero-order chi connectivity index (χ0) is 20.0. The molecular formula is C19H26N2O5S. The van der Waals surface area contributed by atoms with Crippen molar-refractivity contribution in [3.05, 3.63) is 36.4 Å². The number of amides is 1. The van der Waals surface area contributed by atoms with Crippen LogP contribution >= 0.6 is 0 Å². The van der Waals surface area contributed by atoms with Gasteiger partial charge in [-0.3, -0.25) is 4.79 Å². The molecule has 1 aromatic rings. The van der Waals surface area contributed by atoms with Crippen LogP contribution in [0.1, 0.15) is 27.2 Å². The van der Waals surface area contributed by atoms with E-state index < -0.39 is 28.5 Å². The number of allylic oxidation sites excluding steroid dienone is 1. The Labute approximate surface area is 160 Å². The summed E-state index contributed by atoms with van der Waals surface area (Å²) in [6, 6.07) is 5.99. The molecule has 2 rings (SSSR count). The van der Waals surface area contributed by atoms with E-state index >= 15 is 0 Å². The minimum Gasteiger partial charge on any atom is -0.452 e. The quantitative estimate of drug-likeness (QED) is 0.591. The zero-order valence-corrected chi connectivity index (χ0v) is 16.7. The smallest absolute Gasteiger partial charge is 0.330 e. The number of rotatable bonds is 6. The zero-order valence-electron chi connectivity index (χ0n) is 15.8. The van der Waals surface area contributed by atoms with Crippen LogP contribution in [0.4, 0.5) is 5.69 Å². The largest absolute Gasteiger partial charge is 0.452 e. The van der Waals surface area contributed by atoms with Crippen LogP contribution in [0.15, 0.2) is 41.3 Å². The molecule has 0 spiro atoms. The van der Waals surface area contributed by atoms with Crippen LogP contribution in [0.2, 0.25) is 0 Å². The van der Waals surface area contributed by atoms with Crippen LogP contribution in [0.3, 0.4) is 0 Å². The normalized spacial score (nSPS) is 21.1. The molecule has 0 saturated carbocycles. The van der Waals surface area contributed by atoms with Crippen molar-refractivity contribution in [3.8, 4) is 0 Å². The number of sulfonamides is 1. The fourth-order valence-electron chi connectivity index (χ4n) is 3.18. The Bertz CT molecular complexity index is 792. The van der Waals surface area contributed by atoms with Crippen molar-refractivity contribution in [2.45, 2.75) is 32.1 Å². The number of hydrogen-bond acceptors (Lipinski definition) is 5. The Balaban J connectivity index is 1.99. The molecule has 1 fully saturated rings. The van der Waals surface area contributed by atoms with E-state index in [-0.39, 0.29) is 4.90 Å². The highest BCUT2D eigenvalue weighted by molar-refractivity contribution is 7.89. The fraction of sp³-hybridized carbons (Fsp3) is 0.474. The number of benzene rings is 1. The highest BCUT2D eigenvalue weighted by Crippen LogP contribution is 2.27. The van der Waals surface area contributed by atoms with Crippen molar-refractivity contribution >= 4 is 27.6 Å². The summed E-state index contributed by atoms with van der Waals surface area (Å²) < 4.78 is 31.9. The van der Waals surface area contributed by atoms with E-state index in [1.165, 1.54) is 40.7 Å². The molecule has 1 aromatic carbocycles. The summed E-state index contributed by atoms with van der Waals surface area (Å²) in [6.07, 6.45) is 3.76. The average Bonchev–Trinajstić information content (AvgIpc) is 2.60. The van der Waals surface area contributed by atoms with E-state index in [0.29, 0.717) is 30.6 Å². The molecular weight excluding hydrogens is 368 g/mol. The van der Waals surface area contributed by atoms with E-state index in [1.807, 2.05) is 0 Å². The Morgan fingerprint density at radius 1 is 1.19 bits per heavy atom. The predicted molar refractivity (Wildman–Crippen MR) is 103 cm³/mol. The molecule has 148 valence electrons. The Morgan fingerprint density at radius 2 is 1.78 bits per heavy atom. The number of carbonyl (C=O) groups is 2. The second-order valence-electron chi connectivity index (χ2n) is 6.95. The van der Waals surface area contributed by atoms with Crippen molar-refractivity contribution in [2.24, 2.45) is 11.8 Å². The second-order valence-corrected chi connectivity index (χ2v) is 8.89. The number of hydrogen-bond donors (Lipinski definition) is 1. The predicted octanol–water partition coefficient (Wildman–Crippen LogP) is 2.41. The number of nitrogens with zero attached hydrogens (tertiary/aromatic N) is 1. The summed E-state index contributed by atoms with van der Waals surface area (Å²) in [5.41, 5.74) is 0.432. The molecule has 1 aliphatic rings. The molecule has 1 saturated heterocycles. The summed E-state index contributed by atoms with van der Waals surface area (Å²) >= 11 is 0. The lowest BCUT2D eigenvalue weighted by Gasteiger charge is -2.34.